The zero-order valence-electron chi connectivity index (χ0n) is 12.4. The number of nitrogens with zero attached hydrogens (tertiary/aromatic N) is 1. The average Bonchev–Trinajstić information content (AvgIpc) is 2.79. The Morgan fingerprint density at radius 2 is 2.06 bits per heavy atom. The molecule has 0 spiro atoms. The predicted octanol–water partition coefficient (Wildman–Crippen LogP) is 2.12. The van der Waals surface area contributed by atoms with E-state index >= 15 is 0 Å². The van der Waals surface area contributed by atoms with Crippen molar-refractivity contribution < 1.29 is 4.74 Å². The molecule has 0 aromatic rings. The Morgan fingerprint density at radius 3 is 2.72 bits per heavy atom. The Morgan fingerprint density at radius 1 is 1.33 bits per heavy atom. The molecule has 0 aliphatic carbocycles. The zero-order chi connectivity index (χ0) is 13.0. The number of hydrogen-bond donors (Lipinski definition) is 1. The van der Waals surface area contributed by atoms with Crippen LogP contribution in [0, 0.1) is 11.8 Å². The standard InChI is InChI=1S/C15H30N2O/c1-13(2)10-16-11-14-4-7-17(12-14)15(3)5-8-18-9-6-15/h13-14,16H,4-12H2,1-3H3. The summed E-state index contributed by atoms with van der Waals surface area (Å²) in [5, 5.41) is 3.61. The summed E-state index contributed by atoms with van der Waals surface area (Å²) in [6.07, 6.45) is 3.78. The van der Waals surface area contributed by atoms with Crippen molar-refractivity contribution in [2.75, 3.05) is 39.4 Å². The summed E-state index contributed by atoms with van der Waals surface area (Å²) in [6.45, 7) is 13.8. The lowest BCUT2D eigenvalue weighted by atomic mass is 9.90. The van der Waals surface area contributed by atoms with Gasteiger partial charge in [0.25, 0.3) is 0 Å². The molecule has 3 heteroatoms. The number of likely N-dealkylation sites (tertiary alicyclic amines) is 1. The van der Waals surface area contributed by atoms with Crippen molar-refractivity contribution >= 4 is 0 Å². The molecule has 106 valence electrons. The topological polar surface area (TPSA) is 24.5 Å². The number of ether oxygens (including phenoxy) is 1. The van der Waals surface area contributed by atoms with Gasteiger partial charge in [-0.15, -0.1) is 0 Å². The number of nitrogens with one attached hydrogen (secondary N) is 1. The third-order valence-electron chi connectivity index (χ3n) is 4.60. The van der Waals surface area contributed by atoms with E-state index < -0.39 is 0 Å². The van der Waals surface area contributed by atoms with Gasteiger partial charge in [-0.3, -0.25) is 4.90 Å². The molecule has 18 heavy (non-hydrogen) atoms. The van der Waals surface area contributed by atoms with Gasteiger partial charge < -0.3 is 10.1 Å². The quantitative estimate of drug-likeness (QED) is 0.813. The first-order valence-electron chi connectivity index (χ1n) is 7.64. The fraction of sp³-hybridized carbons (Fsp3) is 1.00. The van der Waals surface area contributed by atoms with Crippen molar-refractivity contribution in [1.82, 2.24) is 10.2 Å². The number of hydrogen-bond acceptors (Lipinski definition) is 3. The van der Waals surface area contributed by atoms with Gasteiger partial charge in [-0.25, -0.2) is 0 Å². The van der Waals surface area contributed by atoms with Gasteiger partial charge in [0.1, 0.15) is 0 Å². The molecule has 3 nitrogen and oxygen atoms in total. The van der Waals surface area contributed by atoms with Crippen molar-refractivity contribution in [3.8, 4) is 0 Å². The van der Waals surface area contributed by atoms with Crippen molar-refractivity contribution in [3.63, 3.8) is 0 Å². The van der Waals surface area contributed by atoms with Crippen molar-refractivity contribution in [2.24, 2.45) is 11.8 Å². The zero-order valence-corrected chi connectivity index (χ0v) is 12.4. The lowest BCUT2D eigenvalue weighted by Gasteiger charge is -2.42. The first-order valence-corrected chi connectivity index (χ1v) is 7.64. The van der Waals surface area contributed by atoms with Crippen LogP contribution in [0.4, 0.5) is 0 Å². The summed E-state index contributed by atoms with van der Waals surface area (Å²) >= 11 is 0. The highest BCUT2D eigenvalue weighted by molar-refractivity contribution is 4.93. The third-order valence-corrected chi connectivity index (χ3v) is 4.60. The Labute approximate surface area is 112 Å². The van der Waals surface area contributed by atoms with Crippen LogP contribution >= 0.6 is 0 Å². The monoisotopic (exact) mass is 254 g/mol. The second kappa shape index (κ2) is 6.36. The molecule has 0 saturated carbocycles. The van der Waals surface area contributed by atoms with E-state index in [0.29, 0.717) is 5.54 Å². The molecule has 0 aromatic heterocycles. The minimum Gasteiger partial charge on any atom is -0.381 e. The van der Waals surface area contributed by atoms with E-state index in [4.69, 9.17) is 4.74 Å². The third kappa shape index (κ3) is 3.69. The van der Waals surface area contributed by atoms with E-state index in [1.165, 1.54) is 38.9 Å². The highest BCUT2D eigenvalue weighted by Gasteiger charge is 2.37. The summed E-state index contributed by atoms with van der Waals surface area (Å²) in [5.41, 5.74) is 0.408. The summed E-state index contributed by atoms with van der Waals surface area (Å²) in [5.74, 6) is 1.61. The van der Waals surface area contributed by atoms with Crippen molar-refractivity contribution in [3.05, 3.63) is 0 Å². The Hall–Kier alpha value is -0.120. The maximum Gasteiger partial charge on any atom is 0.0483 e. The van der Waals surface area contributed by atoms with Gasteiger partial charge >= 0.3 is 0 Å². The molecule has 0 bridgehead atoms. The van der Waals surface area contributed by atoms with Crippen LogP contribution in [0.1, 0.15) is 40.0 Å². The molecule has 2 saturated heterocycles. The van der Waals surface area contributed by atoms with Crippen molar-refractivity contribution in [1.29, 1.82) is 0 Å². The minimum absolute atomic E-state index is 0.408. The highest BCUT2D eigenvalue weighted by Crippen LogP contribution is 2.32. The first kappa shape index (κ1) is 14.3. The largest absolute Gasteiger partial charge is 0.381 e. The summed E-state index contributed by atoms with van der Waals surface area (Å²) < 4.78 is 5.50. The summed E-state index contributed by atoms with van der Waals surface area (Å²) in [6, 6.07) is 0. The molecule has 2 fully saturated rings. The van der Waals surface area contributed by atoms with Crippen LogP contribution in [0.2, 0.25) is 0 Å². The smallest absolute Gasteiger partial charge is 0.0483 e. The Balaban J connectivity index is 1.73. The maximum absolute atomic E-state index is 5.50. The van der Waals surface area contributed by atoms with Crippen LogP contribution in [-0.4, -0.2) is 49.8 Å². The molecule has 0 amide bonds. The van der Waals surface area contributed by atoms with Gasteiger partial charge in [-0.1, -0.05) is 13.8 Å². The molecule has 2 rings (SSSR count). The number of rotatable bonds is 5. The van der Waals surface area contributed by atoms with Gasteiger partial charge in [-0.05, 0) is 57.7 Å². The second-order valence-electron chi connectivity index (χ2n) is 6.76. The molecule has 2 aliphatic rings. The summed E-state index contributed by atoms with van der Waals surface area (Å²) in [7, 11) is 0. The average molecular weight is 254 g/mol. The minimum atomic E-state index is 0.408. The fourth-order valence-corrected chi connectivity index (χ4v) is 3.19. The van der Waals surface area contributed by atoms with Crippen LogP contribution in [-0.2, 0) is 4.74 Å². The van der Waals surface area contributed by atoms with Gasteiger partial charge in [0.2, 0.25) is 0 Å². The van der Waals surface area contributed by atoms with Crippen LogP contribution in [0.3, 0.4) is 0 Å². The molecule has 1 atom stereocenters. The molecule has 0 radical (unpaired) electrons. The Kier molecular flexibility index (Phi) is 5.05. The van der Waals surface area contributed by atoms with E-state index in [9.17, 15) is 0 Å². The maximum atomic E-state index is 5.50. The van der Waals surface area contributed by atoms with Gasteiger partial charge in [0.15, 0.2) is 0 Å². The normalized spacial score (nSPS) is 29.0. The predicted molar refractivity (Wildman–Crippen MR) is 75.8 cm³/mol. The lowest BCUT2D eigenvalue weighted by molar-refractivity contribution is -0.0103. The fourth-order valence-electron chi connectivity index (χ4n) is 3.19. The van der Waals surface area contributed by atoms with Crippen LogP contribution < -0.4 is 5.32 Å². The van der Waals surface area contributed by atoms with Crippen molar-refractivity contribution in [2.45, 2.75) is 45.6 Å². The molecule has 1 N–H and O–H groups in total. The van der Waals surface area contributed by atoms with Gasteiger partial charge in [-0.2, -0.15) is 0 Å². The van der Waals surface area contributed by atoms with Gasteiger partial charge in [0, 0.05) is 25.3 Å². The van der Waals surface area contributed by atoms with E-state index in [1.54, 1.807) is 0 Å². The molecular weight excluding hydrogens is 224 g/mol. The van der Waals surface area contributed by atoms with Gasteiger partial charge in [0.05, 0.1) is 0 Å². The van der Waals surface area contributed by atoms with E-state index in [2.05, 4.69) is 31.0 Å². The molecule has 1 unspecified atom stereocenters. The van der Waals surface area contributed by atoms with E-state index in [0.717, 1.165) is 31.6 Å². The van der Waals surface area contributed by atoms with Crippen LogP contribution in [0.5, 0.6) is 0 Å². The van der Waals surface area contributed by atoms with Crippen LogP contribution in [0.25, 0.3) is 0 Å². The summed E-state index contributed by atoms with van der Waals surface area (Å²) in [4.78, 5) is 2.72. The molecule has 2 aliphatic heterocycles. The SMILES string of the molecule is CC(C)CNCC1CCN(C2(C)CCOCC2)C1. The molecule has 2 heterocycles. The Bertz CT molecular complexity index is 249. The second-order valence-corrected chi connectivity index (χ2v) is 6.76. The van der Waals surface area contributed by atoms with E-state index in [1.807, 2.05) is 0 Å². The van der Waals surface area contributed by atoms with Crippen LogP contribution in [0.15, 0.2) is 0 Å². The lowest BCUT2D eigenvalue weighted by Crippen LogP contribution is -2.49. The van der Waals surface area contributed by atoms with E-state index in [-0.39, 0.29) is 0 Å². The highest BCUT2D eigenvalue weighted by atomic mass is 16.5. The first-order chi connectivity index (χ1) is 8.60. The molecular formula is C15H30N2O. The molecule has 0 aromatic carbocycles.